The van der Waals surface area contributed by atoms with Crippen molar-refractivity contribution in [3.05, 3.63) is 22.1 Å². The van der Waals surface area contributed by atoms with Gasteiger partial charge in [-0.05, 0) is 13.0 Å². The van der Waals surface area contributed by atoms with Crippen LogP contribution in [0, 0.1) is 0 Å². The Kier molecular flexibility index (Phi) is 8.45. The third kappa shape index (κ3) is 7.24. The van der Waals surface area contributed by atoms with Crippen LogP contribution >= 0.6 is 0 Å². The minimum atomic E-state index is -4.89. The molecule has 0 spiro atoms. The number of rotatable bonds is 10. The zero-order valence-corrected chi connectivity index (χ0v) is 17.3. The molecule has 0 aliphatic heterocycles. The van der Waals surface area contributed by atoms with E-state index in [4.69, 9.17) is 9.47 Å². The van der Waals surface area contributed by atoms with Crippen LogP contribution in [0.4, 0.5) is 18.9 Å². The number of methoxy groups -OCH3 is 1. The predicted octanol–water partition coefficient (Wildman–Crippen LogP) is 2.38. The number of hydrogen-bond donors (Lipinski definition) is 2. The van der Waals surface area contributed by atoms with Gasteiger partial charge in [0, 0.05) is 21.8 Å². The van der Waals surface area contributed by atoms with E-state index < -0.39 is 49.8 Å². The van der Waals surface area contributed by atoms with E-state index in [1.165, 1.54) is 7.11 Å². The molecule has 0 saturated carbocycles. The molecule has 1 aromatic rings. The van der Waals surface area contributed by atoms with Gasteiger partial charge in [-0.3, -0.25) is 4.79 Å². The summed E-state index contributed by atoms with van der Waals surface area (Å²) < 4.78 is 51.4. The number of aliphatic hydroxyl groups is 1. The molecule has 7 nitrogen and oxygen atoms in total. The summed E-state index contributed by atoms with van der Waals surface area (Å²) in [6.45, 7) is 7.52. The van der Waals surface area contributed by atoms with Gasteiger partial charge in [-0.2, -0.15) is 18.3 Å². The van der Waals surface area contributed by atoms with E-state index in [1.807, 2.05) is 0 Å². The lowest BCUT2D eigenvalue weighted by atomic mass is 10.1. The Labute approximate surface area is 157 Å². The Bertz CT molecular complexity index is 662. The van der Waals surface area contributed by atoms with Crippen molar-refractivity contribution >= 4 is 13.8 Å². The first-order chi connectivity index (χ1) is 12.4. The molecule has 0 bridgehead atoms. The van der Waals surface area contributed by atoms with E-state index in [1.54, 1.807) is 6.92 Å². The van der Waals surface area contributed by atoms with Gasteiger partial charge in [-0.15, -0.1) is 0 Å². The average molecular weight is 411 g/mol. The molecule has 27 heavy (non-hydrogen) atoms. The van der Waals surface area contributed by atoms with E-state index in [9.17, 15) is 23.1 Å². The van der Waals surface area contributed by atoms with Gasteiger partial charge < -0.3 is 19.9 Å². The number of nitrogens with zero attached hydrogens (tertiary/aromatic N) is 2. The van der Waals surface area contributed by atoms with Crippen LogP contribution < -0.4 is 10.9 Å². The molecule has 2 atom stereocenters. The van der Waals surface area contributed by atoms with Crippen molar-refractivity contribution < 1.29 is 27.8 Å². The van der Waals surface area contributed by atoms with Gasteiger partial charge in [-0.1, -0.05) is 19.6 Å². The minimum absolute atomic E-state index is 0.350. The van der Waals surface area contributed by atoms with Crippen LogP contribution in [-0.2, 0) is 22.4 Å². The number of aromatic nitrogens is 2. The number of halogens is 3. The molecule has 0 aromatic carbocycles. The van der Waals surface area contributed by atoms with Crippen LogP contribution in [0.3, 0.4) is 0 Å². The highest BCUT2D eigenvalue weighted by Gasteiger charge is 2.39. The van der Waals surface area contributed by atoms with E-state index >= 15 is 0 Å². The molecule has 11 heteroatoms. The molecule has 1 heterocycles. The van der Waals surface area contributed by atoms with Crippen LogP contribution in [0.25, 0.3) is 0 Å². The monoisotopic (exact) mass is 411 g/mol. The van der Waals surface area contributed by atoms with Gasteiger partial charge >= 0.3 is 6.18 Å². The summed E-state index contributed by atoms with van der Waals surface area (Å²) >= 11 is 0. The Balaban J connectivity index is 3.07. The van der Waals surface area contributed by atoms with Crippen molar-refractivity contribution in [1.82, 2.24) is 9.78 Å². The molecule has 0 saturated heterocycles. The average Bonchev–Trinajstić information content (AvgIpc) is 2.55. The van der Waals surface area contributed by atoms with E-state index in [0.717, 1.165) is 12.2 Å². The fraction of sp³-hybridized carbons (Fsp3) is 0.750. The minimum Gasteiger partial charge on any atom is -0.394 e. The van der Waals surface area contributed by atoms with Crippen LogP contribution in [-0.4, -0.2) is 55.4 Å². The van der Waals surface area contributed by atoms with Gasteiger partial charge in [0.05, 0.1) is 30.6 Å². The van der Waals surface area contributed by atoms with Gasteiger partial charge in [0.1, 0.15) is 12.3 Å². The molecule has 156 valence electrons. The summed E-state index contributed by atoms with van der Waals surface area (Å²) in [4.78, 5) is 12.3. The fourth-order valence-electron chi connectivity index (χ4n) is 2.17. The first-order valence-corrected chi connectivity index (χ1v) is 12.3. The molecule has 2 N–H and O–H groups in total. The molecule has 0 radical (unpaired) electrons. The summed E-state index contributed by atoms with van der Waals surface area (Å²) in [5.41, 5.74) is -3.19. The van der Waals surface area contributed by atoms with Crippen molar-refractivity contribution in [3.63, 3.8) is 0 Å². The highest BCUT2D eigenvalue weighted by atomic mass is 28.3. The largest absolute Gasteiger partial charge is 0.423 e. The SMILES string of the molecule is COC(C)C(CO)Nc1cnn(COCC[Si](C)(C)C)c(=O)c1C(F)(F)F. The highest BCUT2D eigenvalue weighted by Crippen LogP contribution is 2.32. The third-order valence-corrected chi connectivity index (χ3v) is 5.72. The van der Waals surface area contributed by atoms with Crippen molar-refractivity contribution in [2.24, 2.45) is 0 Å². The Morgan fingerprint density at radius 1 is 1.37 bits per heavy atom. The number of hydrogen-bond acceptors (Lipinski definition) is 6. The number of anilines is 1. The standard InChI is InChI=1S/C16H28F3N3O4Si/c1-11(25-2)13(9-23)21-12-8-20-22(10-26-6-7-27(3,4)5)15(24)14(12)16(17,18)19/h8,11,13,21,23H,6-7,9-10H2,1-5H3. The number of nitrogens with one attached hydrogen (secondary N) is 1. The van der Waals surface area contributed by atoms with Crippen LogP contribution in [0.1, 0.15) is 12.5 Å². The van der Waals surface area contributed by atoms with Crippen molar-refractivity contribution in [2.45, 2.75) is 57.7 Å². The Hall–Kier alpha value is -1.43. The zero-order valence-electron chi connectivity index (χ0n) is 16.3. The number of ether oxygens (including phenoxy) is 2. The van der Waals surface area contributed by atoms with Gasteiger partial charge in [-0.25, -0.2) is 4.68 Å². The summed E-state index contributed by atoms with van der Waals surface area (Å²) in [6.07, 6.45) is -4.56. The van der Waals surface area contributed by atoms with E-state index in [0.29, 0.717) is 11.3 Å². The highest BCUT2D eigenvalue weighted by molar-refractivity contribution is 6.76. The first-order valence-electron chi connectivity index (χ1n) is 8.56. The molecule has 1 rings (SSSR count). The molecule has 0 amide bonds. The van der Waals surface area contributed by atoms with Crippen molar-refractivity contribution in [1.29, 1.82) is 0 Å². The fourth-order valence-corrected chi connectivity index (χ4v) is 2.93. The van der Waals surface area contributed by atoms with Crippen molar-refractivity contribution in [3.8, 4) is 0 Å². The maximum absolute atomic E-state index is 13.5. The lowest BCUT2D eigenvalue weighted by Crippen LogP contribution is -2.39. The molecule has 2 unspecified atom stereocenters. The van der Waals surface area contributed by atoms with Gasteiger partial charge in [0.25, 0.3) is 5.56 Å². The number of aliphatic hydroxyl groups excluding tert-OH is 1. The molecular weight excluding hydrogens is 383 g/mol. The summed E-state index contributed by atoms with van der Waals surface area (Å²) in [5, 5.41) is 15.6. The Morgan fingerprint density at radius 2 is 2.00 bits per heavy atom. The lowest BCUT2D eigenvalue weighted by Gasteiger charge is -2.24. The predicted molar refractivity (Wildman–Crippen MR) is 98.6 cm³/mol. The van der Waals surface area contributed by atoms with Crippen molar-refractivity contribution in [2.75, 3.05) is 25.6 Å². The van der Waals surface area contributed by atoms with E-state index in [-0.39, 0.29) is 6.73 Å². The summed E-state index contributed by atoms with van der Waals surface area (Å²) in [6, 6.07) is -0.0122. The third-order valence-electron chi connectivity index (χ3n) is 4.01. The summed E-state index contributed by atoms with van der Waals surface area (Å²) in [5.74, 6) is 0. The number of alkyl halides is 3. The smallest absolute Gasteiger partial charge is 0.394 e. The van der Waals surface area contributed by atoms with Crippen LogP contribution in [0.15, 0.2) is 11.0 Å². The van der Waals surface area contributed by atoms with Gasteiger partial charge in [0.15, 0.2) is 0 Å². The van der Waals surface area contributed by atoms with E-state index in [2.05, 4.69) is 30.1 Å². The quantitative estimate of drug-likeness (QED) is 0.454. The van der Waals surface area contributed by atoms with Crippen LogP contribution in [0.2, 0.25) is 25.7 Å². The topological polar surface area (TPSA) is 85.6 Å². The zero-order chi connectivity index (χ0) is 20.8. The molecule has 0 fully saturated rings. The first kappa shape index (κ1) is 23.6. The summed E-state index contributed by atoms with van der Waals surface area (Å²) in [7, 11) is 0.0145. The lowest BCUT2D eigenvalue weighted by molar-refractivity contribution is -0.138. The maximum atomic E-state index is 13.5. The van der Waals surface area contributed by atoms with Gasteiger partial charge in [0.2, 0.25) is 0 Å². The maximum Gasteiger partial charge on any atom is 0.423 e. The molecule has 0 aliphatic carbocycles. The molecular formula is C16H28F3N3O4Si. The Morgan fingerprint density at radius 3 is 2.48 bits per heavy atom. The molecule has 1 aromatic heterocycles. The second kappa shape index (κ2) is 9.67. The van der Waals surface area contributed by atoms with Crippen LogP contribution in [0.5, 0.6) is 0 Å². The second-order valence-corrected chi connectivity index (χ2v) is 13.1. The normalized spacial score (nSPS) is 14.9. The molecule has 0 aliphatic rings. The second-order valence-electron chi connectivity index (χ2n) is 7.46.